The molecule has 2 N–H and O–H groups in total. The summed E-state index contributed by atoms with van der Waals surface area (Å²) in [6.45, 7) is 9.98. The first kappa shape index (κ1) is 20.9. The zero-order chi connectivity index (χ0) is 17.5. The highest BCUT2D eigenvalue weighted by Crippen LogP contribution is 2.18. The molecule has 1 heterocycles. The molecule has 138 valence electrons. The fraction of sp³-hybridized carbons (Fsp3) is 0.471. The SMILES string of the molecule is CCNCCNC(=O)c1nnn(-c2ccc(OC(C)C)cc2)c1C.Cl. The lowest BCUT2D eigenvalue weighted by atomic mass is 10.2. The van der Waals surface area contributed by atoms with Gasteiger partial charge in [-0.05, 0) is 51.6 Å². The number of hydrogen-bond donors (Lipinski definition) is 2. The van der Waals surface area contributed by atoms with Crippen molar-refractivity contribution in [3.05, 3.63) is 35.7 Å². The average molecular weight is 368 g/mol. The third kappa shape index (κ3) is 5.72. The summed E-state index contributed by atoms with van der Waals surface area (Å²) in [5.41, 5.74) is 1.88. The molecule has 0 unspecified atom stereocenters. The third-order valence-electron chi connectivity index (χ3n) is 3.40. The van der Waals surface area contributed by atoms with Crippen LogP contribution >= 0.6 is 12.4 Å². The van der Waals surface area contributed by atoms with Crippen LogP contribution in [0.25, 0.3) is 5.69 Å². The molecule has 25 heavy (non-hydrogen) atoms. The molecule has 0 atom stereocenters. The Hall–Kier alpha value is -2.12. The number of nitrogens with one attached hydrogen (secondary N) is 2. The number of carbonyl (C=O) groups excluding carboxylic acids is 1. The number of benzene rings is 1. The molecule has 0 aliphatic carbocycles. The molecule has 0 fully saturated rings. The Morgan fingerprint density at radius 3 is 2.52 bits per heavy atom. The molecule has 0 bridgehead atoms. The smallest absolute Gasteiger partial charge is 0.273 e. The van der Waals surface area contributed by atoms with Gasteiger partial charge in [-0.25, -0.2) is 4.68 Å². The van der Waals surface area contributed by atoms with Crippen LogP contribution in [0.2, 0.25) is 0 Å². The standard InChI is InChI=1S/C17H25N5O2.ClH/c1-5-18-10-11-19-17(23)16-13(4)22(21-20-16)14-6-8-15(9-7-14)24-12(2)3;/h6-9,12,18H,5,10-11H2,1-4H3,(H,19,23);1H. The van der Waals surface area contributed by atoms with E-state index >= 15 is 0 Å². The minimum absolute atomic E-state index is 0. The highest BCUT2D eigenvalue weighted by Gasteiger charge is 2.16. The number of nitrogens with zero attached hydrogens (tertiary/aromatic N) is 3. The monoisotopic (exact) mass is 367 g/mol. The van der Waals surface area contributed by atoms with Crippen molar-refractivity contribution in [2.24, 2.45) is 0 Å². The van der Waals surface area contributed by atoms with E-state index in [1.165, 1.54) is 0 Å². The molecule has 2 rings (SSSR count). The highest BCUT2D eigenvalue weighted by molar-refractivity contribution is 5.93. The Balaban J connectivity index is 0.00000312. The third-order valence-corrected chi connectivity index (χ3v) is 3.40. The van der Waals surface area contributed by atoms with E-state index in [0.717, 1.165) is 24.5 Å². The van der Waals surface area contributed by atoms with Crippen LogP contribution in [0, 0.1) is 6.92 Å². The lowest BCUT2D eigenvalue weighted by Crippen LogP contribution is -2.32. The summed E-state index contributed by atoms with van der Waals surface area (Å²) in [6.07, 6.45) is 0.126. The summed E-state index contributed by atoms with van der Waals surface area (Å²) in [7, 11) is 0. The van der Waals surface area contributed by atoms with Crippen LogP contribution in [0.4, 0.5) is 0 Å². The average Bonchev–Trinajstić information content (AvgIpc) is 2.93. The van der Waals surface area contributed by atoms with E-state index in [0.29, 0.717) is 17.9 Å². The zero-order valence-corrected chi connectivity index (χ0v) is 15.9. The van der Waals surface area contributed by atoms with Gasteiger partial charge in [0.2, 0.25) is 0 Å². The van der Waals surface area contributed by atoms with Gasteiger partial charge < -0.3 is 15.4 Å². The fourth-order valence-electron chi connectivity index (χ4n) is 2.25. The van der Waals surface area contributed by atoms with Crippen molar-refractivity contribution in [1.29, 1.82) is 0 Å². The Morgan fingerprint density at radius 2 is 1.92 bits per heavy atom. The van der Waals surface area contributed by atoms with Gasteiger partial charge in [0.1, 0.15) is 5.75 Å². The fourth-order valence-corrected chi connectivity index (χ4v) is 2.25. The van der Waals surface area contributed by atoms with Crippen molar-refractivity contribution in [1.82, 2.24) is 25.6 Å². The van der Waals surface area contributed by atoms with Gasteiger partial charge in [-0.15, -0.1) is 17.5 Å². The molecule has 0 saturated heterocycles. The van der Waals surface area contributed by atoms with Crippen LogP contribution in [-0.2, 0) is 0 Å². The molecule has 1 amide bonds. The lowest BCUT2D eigenvalue weighted by Gasteiger charge is -2.10. The summed E-state index contributed by atoms with van der Waals surface area (Å²) in [5, 5.41) is 14.1. The van der Waals surface area contributed by atoms with Crippen LogP contribution in [0.1, 0.15) is 37.0 Å². The molecule has 0 spiro atoms. The maximum absolute atomic E-state index is 12.2. The maximum atomic E-state index is 12.2. The number of hydrogen-bond acceptors (Lipinski definition) is 5. The van der Waals surface area contributed by atoms with Crippen molar-refractivity contribution in [3.8, 4) is 11.4 Å². The number of halogens is 1. The van der Waals surface area contributed by atoms with E-state index in [2.05, 4.69) is 20.9 Å². The minimum Gasteiger partial charge on any atom is -0.491 e. The molecule has 0 radical (unpaired) electrons. The van der Waals surface area contributed by atoms with E-state index in [9.17, 15) is 4.79 Å². The van der Waals surface area contributed by atoms with Crippen molar-refractivity contribution in [2.75, 3.05) is 19.6 Å². The first-order valence-corrected chi connectivity index (χ1v) is 8.21. The molecule has 0 saturated carbocycles. The molecule has 8 heteroatoms. The molecule has 2 aromatic rings. The Bertz CT molecular complexity index is 670. The predicted octanol–water partition coefficient (Wildman–Crippen LogP) is 2.12. The minimum atomic E-state index is -0.212. The largest absolute Gasteiger partial charge is 0.491 e. The van der Waals surface area contributed by atoms with E-state index < -0.39 is 0 Å². The summed E-state index contributed by atoms with van der Waals surface area (Å²) < 4.78 is 7.28. The molecule has 7 nitrogen and oxygen atoms in total. The number of amides is 1. The van der Waals surface area contributed by atoms with Crippen LogP contribution in [0.5, 0.6) is 5.75 Å². The number of likely N-dealkylation sites (N-methyl/N-ethyl adjacent to an activating group) is 1. The van der Waals surface area contributed by atoms with Gasteiger partial charge in [0.25, 0.3) is 5.91 Å². The van der Waals surface area contributed by atoms with Crippen molar-refractivity contribution in [3.63, 3.8) is 0 Å². The molecule has 1 aromatic heterocycles. The maximum Gasteiger partial charge on any atom is 0.273 e. The Kier molecular flexibility index (Phi) is 8.37. The predicted molar refractivity (Wildman–Crippen MR) is 100.0 cm³/mol. The lowest BCUT2D eigenvalue weighted by molar-refractivity contribution is 0.0948. The van der Waals surface area contributed by atoms with Crippen molar-refractivity contribution >= 4 is 18.3 Å². The van der Waals surface area contributed by atoms with Crippen molar-refractivity contribution in [2.45, 2.75) is 33.8 Å². The van der Waals surface area contributed by atoms with E-state index in [1.807, 2.05) is 52.0 Å². The molecular weight excluding hydrogens is 342 g/mol. The summed E-state index contributed by atoms with van der Waals surface area (Å²) in [5.74, 6) is 0.587. The number of aromatic nitrogens is 3. The second-order valence-corrected chi connectivity index (χ2v) is 5.71. The summed E-state index contributed by atoms with van der Waals surface area (Å²) in [4.78, 5) is 12.2. The number of rotatable bonds is 8. The number of ether oxygens (including phenoxy) is 1. The van der Waals surface area contributed by atoms with Crippen LogP contribution in [0.3, 0.4) is 0 Å². The van der Waals surface area contributed by atoms with Crippen LogP contribution < -0.4 is 15.4 Å². The van der Waals surface area contributed by atoms with Gasteiger partial charge in [-0.1, -0.05) is 12.1 Å². The van der Waals surface area contributed by atoms with Gasteiger partial charge in [-0.3, -0.25) is 4.79 Å². The number of carbonyl (C=O) groups is 1. The van der Waals surface area contributed by atoms with Gasteiger partial charge in [-0.2, -0.15) is 0 Å². The Morgan fingerprint density at radius 1 is 1.24 bits per heavy atom. The Labute approximate surface area is 154 Å². The highest BCUT2D eigenvalue weighted by atomic mass is 35.5. The zero-order valence-electron chi connectivity index (χ0n) is 15.1. The van der Waals surface area contributed by atoms with Gasteiger partial charge in [0.15, 0.2) is 5.69 Å². The normalized spacial score (nSPS) is 10.4. The van der Waals surface area contributed by atoms with Gasteiger partial charge in [0.05, 0.1) is 17.5 Å². The topological polar surface area (TPSA) is 81.1 Å². The molecule has 1 aromatic carbocycles. The molecular formula is C17H26ClN5O2. The van der Waals surface area contributed by atoms with Crippen LogP contribution in [-0.4, -0.2) is 46.6 Å². The van der Waals surface area contributed by atoms with Crippen LogP contribution in [0.15, 0.2) is 24.3 Å². The summed E-state index contributed by atoms with van der Waals surface area (Å²) in [6, 6.07) is 7.55. The van der Waals surface area contributed by atoms with E-state index in [-0.39, 0.29) is 24.4 Å². The van der Waals surface area contributed by atoms with E-state index in [1.54, 1.807) is 4.68 Å². The first-order chi connectivity index (χ1) is 11.5. The van der Waals surface area contributed by atoms with Crippen molar-refractivity contribution < 1.29 is 9.53 Å². The molecule has 0 aliphatic heterocycles. The quantitative estimate of drug-likeness (QED) is 0.698. The molecule has 0 aliphatic rings. The van der Waals surface area contributed by atoms with Gasteiger partial charge >= 0.3 is 0 Å². The summed E-state index contributed by atoms with van der Waals surface area (Å²) >= 11 is 0. The first-order valence-electron chi connectivity index (χ1n) is 8.21. The second-order valence-electron chi connectivity index (χ2n) is 5.71. The van der Waals surface area contributed by atoms with Gasteiger partial charge in [0, 0.05) is 13.1 Å². The second kappa shape index (κ2) is 10.0. The van der Waals surface area contributed by atoms with E-state index in [4.69, 9.17) is 4.74 Å².